The Hall–Kier alpha value is -3.38. The molecule has 3 atom stereocenters. The Morgan fingerprint density at radius 3 is 2.50 bits per heavy atom. The van der Waals surface area contributed by atoms with Crippen LogP contribution < -0.4 is 26.0 Å². The number of benzene rings is 2. The largest absolute Gasteiger partial charge is 0.494 e. The second-order valence-electron chi connectivity index (χ2n) is 11.5. The molecule has 3 aromatic rings. The van der Waals surface area contributed by atoms with E-state index < -0.39 is 23.5 Å². The number of fused-ring (bicyclic) bond motifs is 1. The molecule has 1 aromatic heterocycles. The molecule has 3 amide bonds. The van der Waals surface area contributed by atoms with Gasteiger partial charge in [0, 0.05) is 18.0 Å². The number of hydrogen-bond donors (Lipinski definition) is 4. The van der Waals surface area contributed by atoms with Gasteiger partial charge in [0.2, 0.25) is 17.7 Å². The number of nitrogens with one attached hydrogen (secondary N) is 4. The summed E-state index contributed by atoms with van der Waals surface area (Å²) in [5.41, 5.74) is 0.932. The van der Waals surface area contributed by atoms with E-state index in [1.807, 2.05) is 20.8 Å². The van der Waals surface area contributed by atoms with E-state index in [0.29, 0.717) is 63.3 Å². The van der Waals surface area contributed by atoms with Gasteiger partial charge < -0.3 is 30.9 Å². The summed E-state index contributed by atoms with van der Waals surface area (Å²) in [5, 5.41) is 13.2. The monoisotopic (exact) mass is 665 g/mol. The van der Waals surface area contributed by atoms with Crippen LogP contribution in [0.1, 0.15) is 40.5 Å². The average molecular weight is 667 g/mol. The molecule has 0 spiro atoms. The van der Waals surface area contributed by atoms with Gasteiger partial charge in [0.05, 0.1) is 40.1 Å². The molecule has 3 unspecified atom stereocenters. The number of hydrogen-bond acceptors (Lipinski definition) is 8. The lowest BCUT2D eigenvalue weighted by molar-refractivity contribution is -0.143. The normalized spacial score (nSPS) is 16.1. The Morgan fingerprint density at radius 2 is 1.84 bits per heavy atom. The van der Waals surface area contributed by atoms with Crippen LogP contribution in [0.2, 0.25) is 10.0 Å². The zero-order chi connectivity index (χ0) is 31.5. The van der Waals surface area contributed by atoms with Crippen LogP contribution in [0.5, 0.6) is 5.75 Å². The fourth-order valence-corrected chi connectivity index (χ4v) is 5.26. The standard InChI is InChI=1S/C30H37Cl2N7O4.ClH/c1-16(33-5)27(40)38-25(30(2,3)4)29(42)39-12-8-11-22(39)28(41)37-21-13-17-20(14-23(21)43-6)34-15-35-26(17)36-19-10-7-9-18(31)24(19)32;/h7,9-10,13-16,22,25,33H,8,11-12H2,1-6H3,(H,37,41)(H,38,40)(H,34,35,36);1H. The molecule has 0 saturated carbocycles. The maximum atomic E-state index is 13.8. The van der Waals surface area contributed by atoms with Crippen molar-refractivity contribution < 1.29 is 19.1 Å². The van der Waals surface area contributed by atoms with Gasteiger partial charge in [0.1, 0.15) is 30.0 Å². The van der Waals surface area contributed by atoms with Crippen LogP contribution in [0.3, 0.4) is 0 Å². The van der Waals surface area contributed by atoms with E-state index >= 15 is 0 Å². The van der Waals surface area contributed by atoms with Gasteiger partial charge >= 0.3 is 0 Å². The molecule has 0 radical (unpaired) electrons. The van der Waals surface area contributed by atoms with E-state index in [0.717, 1.165) is 0 Å². The van der Waals surface area contributed by atoms with Crippen LogP contribution in [0.25, 0.3) is 10.9 Å². The summed E-state index contributed by atoms with van der Waals surface area (Å²) in [4.78, 5) is 50.5. The predicted molar refractivity (Wildman–Crippen MR) is 176 cm³/mol. The van der Waals surface area contributed by atoms with Crippen molar-refractivity contribution >= 4 is 81.4 Å². The Labute approximate surface area is 273 Å². The first kappa shape index (κ1) is 35.1. The highest BCUT2D eigenvalue weighted by atomic mass is 35.5. The summed E-state index contributed by atoms with van der Waals surface area (Å²) >= 11 is 12.6. The molecule has 0 aliphatic carbocycles. The van der Waals surface area contributed by atoms with Gasteiger partial charge in [-0.3, -0.25) is 14.4 Å². The summed E-state index contributed by atoms with van der Waals surface area (Å²) in [6.07, 6.45) is 2.54. The van der Waals surface area contributed by atoms with Crippen LogP contribution in [-0.2, 0) is 14.4 Å². The van der Waals surface area contributed by atoms with Gasteiger partial charge in [-0.1, -0.05) is 50.0 Å². The molecule has 44 heavy (non-hydrogen) atoms. The molecular weight excluding hydrogens is 629 g/mol. The number of ether oxygens (including phenoxy) is 1. The van der Waals surface area contributed by atoms with Crippen LogP contribution in [0, 0.1) is 5.41 Å². The van der Waals surface area contributed by atoms with Gasteiger partial charge in [-0.15, -0.1) is 12.4 Å². The highest BCUT2D eigenvalue weighted by Crippen LogP contribution is 2.36. The van der Waals surface area contributed by atoms with Crippen molar-refractivity contribution in [1.29, 1.82) is 0 Å². The number of anilines is 3. The van der Waals surface area contributed by atoms with Crippen LogP contribution in [-0.4, -0.2) is 71.4 Å². The van der Waals surface area contributed by atoms with Gasteiger partial charge in [0.15, 0.2) is 0 Å². The first-order chi connectivity index (χ1) is 20.3. The summed E-state index contributed by atoms with van der Waals surface area (Å²) in [7, 11) is 3.18. The number of carbonyl (C=O) groups excluding carboxylic acids is 3. The number of amides is 3. The molecule has 0 bridgehead atoms. The van der Waals surface area contributed by atoms with E-state index in [1.165, 1.54) is 13.4 Å². The van der Waals surface area contributed by atoms with Crippen molar-refractivity contribution in [3.05, 3.63) is 46.7 Å². The third kappa shape index (κ3) is 7.63. The molecule has 11 nitrogen and oxygen atoms in total. The molecule has 1 aliphatic rings. The SMILES string of the molecule is CNC(C)C(=O)NC(C(=O)N1CCCC1C(=O)Nc1cc2c(Nc3cccc(Cl)c3Cl)ncnc2cc1OC)C(C)(C)C.Cl. The van der Waals surface area contributed by atoms with E-state index in [9.17, 15) is 14.4 Å². The van der Waals surface area contributed by atoms with Crippen LogP contribution >= 0.6 is 35.6 Å². The number of halogens is 3. The number of likely N-dealkylation sites (N-methyl/N-ethyl adjacent to an activating group) is 1. The topological polar surface area (TPSA) is 138 Å². The number of rotatable bonds is 9. The van der Waals surface area contributed by atoms with Gasteiger partial charge in [0.25, 0.3) is 0 Å². The maximum Gasteiger partial charge on any atom is 0.247 e. The van der Waals surface area contributed by atoms with Crippen LogP contribution in [0.15, 0.2) is 36.7 Å². The van der Waals surface area contributed by atoms with Crippen molar-refractivity contribution in [3.63, 3.8) is 0 Å². The molecule has 4 rings (SSSR count). The van der Waals surface area contributed by atoms with E-state index in [4.69, 9.17) is 27.9 Å². The van der Waals surface area contributed by atoms with Crippen molar-refractivity contribution in [3.8, 4) is 5.75 Å². The van der Waals surface area contributed by atoms with E-state index in [2.05, 4.69) is 31.2 Å². The zero-order valence-electron chi connectivity index (χ0n) is 25.5. The second-order valence-corrected chi connectivity index (χ2v) is 12.3. The fraction of sp³-hybridized carbons (Fsp3) is 0.433. The lowest BCUT2D eigenvalue weighted by Crippen LogP contribution is -2.59. The first-order valence-corrected chi connectivity index (χ1v) is 14.7. The Kier molecular flexibility index (Phi) is 11.6. The second kappa shape index (κ2) is 14.6. The molecule has 1 aliphatic heterocycles. The molecule has 2 heterocycles. The fourth-order valence-electron chi connectivity index (χ4n) is 4.91. The summed E-state index contributed by atoms with van der Waals surface area (Å²) in [5.74, 6) is -0.115. The van der Waals surface area contributed by atoms with Crippen molar-refractivity contribution in [2.75, 3.05) is 31.3 Å². The minimum atomic E-state index is -0.816. The highest BCUT2D eigenvalue weighted by molar-refractivity contribution is 6.43. The first-order valence-electron chi connectivity index (χ1n) is 14.0. The number of nitrogens with zero attached hydrogens (tertiary/aromatic N) is 3. The van der Waals surface area contributed by atoms with Crippen molar-refractivity contribution in [2.24, 2.45) is 5.41 Å². The number of carbonyl (C=O) groups is 3. The summed E-state index contributed by atoms with van der Waals surface area (Å²) < 4.78 is 5.58. The molecular formula is C30H38Cl3N7O4. The molecule has 238 valence electrons. The van der Waals surface area contributed by atoms with Gasteiger partial charge in [-0.2, -0.15) is 0 Å². The minimum Gasteiger partial charge on any atom is -0.494 e. The molecule has 1 saturated heterocycles. The molecule has 2 aromatic carbocycles. The van der Waals surface area contributed by atoms with Crippen molar-refractivity contribution in [1.82, 2.24) is 25.5 Å². The van der Waals surface area contributed by atoms with E-state index in [-0.39, 0.29) is 30.1 Å². The lowest BCUT2D eigenvalue weighted by atomic mass is 9.85. The smallest absolute Gasteiger partial charge is 0.247 e. The summed E-state index contributed by atoms with van der Waals surface area (Å²) in [6, 6.07) is 6.61. The van der Waals surface area contributed by atoms with Gasteiger partial charge in [-0.05, 0) is 50.4 Å². The minimum absolute atomic E-state index is 0. The molecule has 14 heteroatoms. The highest BCUT2D eigenvalue weighted by Gasteiger charge is 2.42. The Balaban J connectivity index is 0.00000529. The quantitative estimate of drug-likeness (QED) is 0.245. The number of methoxy groups -OCH3 is 1. The zero-order valence-corrected chi connectivity index (χ0v) is 27.8. The van der Waals surface area contributed by atoms with Crippen LogP contribution in [0.4, 0.5) is 17.2 Å². The van der Waals surface area contributed by atoms with Gasteiger partial charge in [-0.25, -0.2) is 9.97 Å². The third-order valence-corrected chi connectivity index (χ3v) is 8.30. The Morgan fingerprint density at radius 1 is 1.11 bits per heavy atom. The molecule has 4 N–H and O–H groups in total. The number of likely N-dealkylation sites (tertiary alicyclic amines) is 1. The van der Waals surface area contributed by atoms with E-state index in [1.54, 1.807) is 49.2 Å². The Bertz CT molecular complexity index is 1530. The average Bonchev–Trinajstić information content (AvgIpc) is 3.47. The summed E-state index contributed by atoms with van der Waals surface area (Å²) in [6.45, 7) is 7.77. The predicted octanol–water partition coefficient (Wildman–Crippen LogP) is 5.18. The third-order valence-electron chi connectivity index (χ3n) is 7.48. The lowest BCUT2D eigenvalue weighted by Gasteiger charge is -2.36. The maximum absolute atomic E-state index is 13.8. The van der Waals surface area contributed by atoms with Crippen molar-refractivity contribution in [2.45, 2.75) is 58.7 Å². The number of aromatic nitrogens is 2. The molecule has 1 fully saturated rings.